The monoisotopic (exact) mass is 248 g/mol. The summed E-state index contributed by atoms with van der Waals surface area (Å²) in [5.41, 5.74) is 1.15. The summed E-state index contributed by atoms with van der Waals surface area (Å²) in [6.45, 7) is 1.32. The van der Waals surface area contributed by atoms with E-state index >= 15 is 0 Å². The van der Waals surface area contributed by atoms with E-state index in [1.807, 2.05) is 0 Å². The van der Waals surface area contributed by atoms with Crippen molar-refractivity contribution in [1.29, 1.82) is 0 Å². The minimum Gasteiger partial charge on any atom is -0.478 e. The summed E-state index contributed by atoms with van der Waals surface area (Å²) in [6, 6.07) is 6.43. The lowest BCUT2D eigenvalue weighted by Crippen LogP contribution is -2.39. The molecule has 1 aliphatic heterocycles. The summed E-state index contributed by atoms with van der Waals surface area (Å²) in [4.78, 5) is 22.4. The van der Waals surface area contributed by atoms with Gasteiger partial charge in [0.25, 0.3) is 0 Å². The Kier molecular flexibility index (Phi) is 3.94. The van der Waals surface area contributed by atoms with Crippen molar-refractivity contribution in [2.24, 2.45) is 0 Å². The van der Waals surface area contributed by atoms with Gasteiger partial charge in [0.15, 0.2) is 0 Å². The van der Waals surface area contributed by atoms with Gasteiger partial charge in [0.1, 0.15) is 0 Å². The van der Waals surface area contributed by atoms with Gasteiger partial charge in [-0.3, -0.25) is 4.79 Å². The average Bonchev–Trinajstić information content (AvgIpc) is 2.90. The number of hydrogen-bond donors (Lipinski definition) is 3. The van der Waals surface area contributed by atoms with Gasteiger partial charge >= 0.3 is 5.97 Å². The third-order valence-corrected chi connectivity index (χ3v) is 3.04. The lowest BCUT2D eigenvalue weighted by molar-refractivity contribution is -0.122. The summed E-state index contributed by atoms with van der Waals surface area (Å²) < 4.78 is 0. The molecule has 1 fully saturated rings. The Labute approximate surface area is 105 Å². The molecule has 0 bridgehead atoms. The number of benzene rings is 1. The molecule has 1 saturated heterocycles. The quantitative estimate of drug-likeness (QED) is 0.735. The third kappa shape index (κ3) is 3.07. The highest BCUT2D eigenvalue weighted by atomic mass is 16.4. The lowest BCUT2D eigenvalue weighted by Gasteiger charge is -2.11. The summed E-state index contributed by atoms with van der Waals surface area (Å²) in [5, 5.41) is 14.7. The first-order valence-corrected chi connectivity index (χ1v) is 6.00. The minimum absolute atomic E-state index is 0.00908. The van der Waals surface area contributed by atoms with Crippen LogP contribution in [0.3, 0.4) is 0 Å². The van der Waals surface area contributed by atoms with Crippen molar-refractivity contribution >= 4 is 11.9 Å². The minimum atomic E-state index is -0.944. The highest BCUT2D eigenvalue weighted by Crippen LogP contribution is 2.07. The standard InChI is InChI=1S/C13H16N2O3/c16-12(11-2-1-7-14-11)15-8-9-3-5-10(6-4-9)13(17)18/h3-6,11,14H,1-2,7-8H2,(H,15,16)(H,17,18)/t11-/m1/s1. The number of hydrogen-bond acceptors (Lipinski definition) is 3. The molecule has 5 nitrogen and oxygen atoms in total. The molecule has 0 aromatic heterocycles. The normalized spacial score (nSPS) is 18.6. The summed E-state index contributed by atoms with van der Waals surface area (Å²) in [7, 11) is 0. The van der Waals surface area contributed by atoms with Gasteiger partial charge in [-0.25, -0.2) is 4.79 Å². The highest BCUT2D eigenvalue weighted by Gasteiger charge is 2.21. The first-order chi connectivity index (χ1) is 8.66. The summed E-state index contributed by atoms with van der Waals surface area (Å²) in [5.74, 6) is -0.935. The van der Waals surface area contributed by atoms with Crippen LogP contribution in [-0.4, -0.2) is 29.6 Å². The molecule has 96 valence electrons. The Morgan fingerprint density at radius 3 is 2.61 bits per heavy atom. The first kappa shape index (κ1) is 12.6. The average molecular weight is 248 g/mol. The van der Waals surface area contributed by atoms with Crippen LogP contribution in [0, 0.1) is 0 Å². The molecule has 1 heterocycles. The zero-order valence-electron chi connectivity index (χ0n) is 9.98. The Morgan fingerprint density at radius 1 is 1.33 bits per heavy atom. The molecule has 3 N–H and O–H groups in total. The molecular formula is C13H16N2O3. The summed E-state index contributed by atoms with van der Waals surface area (Å²) >= 11 is 0. The van der Waals surface area contributed by atoms with E-state index in [9.17, 15) is 9.59 Å². The number of amides is 1. The van der Waals surface area contributed by atoms with Crippen LogP contribution in [0.4, 0.5) is 0 Å². The van der Waals surface area contributed by atoms with Gasteiger partial charge in [0, 0.05) is 6.54 Å². The number of carboxylic acids is 1. The van der Waals surface area contributed by atoms with Crippen molar-refractivity contribution in [1.82, 2.24) is 10.6 Å². The van der Waals surface area contributed by atoms with Gasteiger partial charge in [-0.05, 0) is 37.1 Å². The Morgan fingerprint density at radius 2 is 2.06 bits per heavy atom. The van der Waals surface area contributed by atoms with E-state index < -0.39 is 5.97 Å². The van der Waals surface area contributed by atoms with Gasteiger partial charge in [0.2, 0.25) is 5.91 Å². The smallest absolute Gasteiger partial charge is 0.335 e. The molecule has 1 amide bonds. The fraction of sp³-hybridized carbons (Fsp3) is 0.385. The molecule has 0 aliphatic carbocycles. The van der Waals surface area contributed by atoms with Gasteiger partial charge in [-0.2, -0.15) is 0 Å². The molecule has 1 aromatic rings. The maximum absolute atomic E-state index is 11.7. The predicted molar refractivity (Wildman–Crippen MR) is 66.3 cm³/mol. The molecule has 0 spiro atoms. The van der Waals surface area contributed by atoms with Crippen molar-refractivity contribution < 1.29 is 14.7 Å². The predicted octanol–water partition coefficient (Wildman–Crippen LogP) is 0.753. The Balaban J connectivity index is 1.86. The van der Waals surface area contributed by atoms with E-state index in [4.69, 9.17) is 5.11 Å². The van der Waals surface area contributed by atoms with Crippen LogP contribution in [0.1, 0.15) is 28.8 Å². The fourth-order valence-electron chi connectivity index (χ4n) is 1.99. The second kappa shape index (κ2) is 5.64. The zero-order chi connectivity index (χ0) is 13.0. The van der Waals surface area contributed by atoms with Crippen molar-refractivity contribution in [2.75, 3.05) is 6.54 Å². The SMILES string of the molecule is O=C(O)c1ccc(CNC(=O)[C@H]2CCCN2)cc1. The maximum Gasteiger partial charge on any atom is 0.335 e. The van der Waals surface area contributed by atoms with Gasteiger partial charge in [-0.15, -0.1) is 0 Å². The lowest BCUT2D eigenvalue weighted by atomic mass is 10.1. The molecule has 0 unspecified atom stereocenters. The van der Waals surface area contributed by atoms with Crippen LogP contribution in [0.25, 0.3) is 0 Å². The third-order valence-electron chi connectivity index (χ3n) is 3.04. The second-order valence-electron chi connectivity index (χ2n) is 4.37. The second-order valence-corrected chi connectivity index (χ2v) is 4.37. The van der Waals surface area contributed by atoms with Crippen molar-refractivity contribution in [3.8, 4) is 0 Å². The fourth-order valence-corrected chi connectivity index (χ4v) is 1.99. The van der Waals surface area contributed by atoms with E-state index in [-0.39, 0.29) is 17.5 Å². The molecular weight excluding hydrogens is 232 g/mol. The molecule has 18 heavy (non-hydrogen) atoms. The van der Waals surface area contributed by atoms with E-state index in [0.717, 1.165) is 24.9 Å². The van der Waals surface area contributed by atoms with Crippen molar-refractivity contribution in [2.45, 2.75) is 25.4 Å². The molecule has 5 heteroatoms. The molecule has 1 atom stereocenters. The van der Waals surface area contributed by atoms with Crippen LogP contribution < -0.4 is 10.6 Å². The number of carboxylic acid groups (broad SMARTS) is 1. The number of rotatable bonds is 4. The van der Waals surface area contributed by atoms with Crippen LogP contribution in [0.15, 0.2) is 24.3 Å². The topological polar surface area (TPSA) is 78.4 Å². The number of carbonyl (C=O) groups is 2. The Bertz CT molecular complexity index is 436. The molecule has 2 rings (SSSR count). The van der Waals surface area contributed by atoms with Gasteiger partial charge < -0.3 is 15.7 Å². The van der Waals surface area contributed by atoms with Crippen LogP contribution >= 0.6 is 0 Å². The van der Waals surface area contributed by atoms with Gasteiger partial charge in [0.05, 0.1) is 11.6 Å². The van der Waals surface area contributed by atoms with Crippen LogP contribution in [0.5, 0.6) is 0 Å². The summed E-state index contributed by atoms with van der Waals surface area (Å²) in [6.07, 6.45) is 1.91. The molecule has 0 radical (unpaired) electrons. The molecule has 1 aromatic carbocycles. The number of carbonyl (C=O) groups excluding carboxylic acids is 1. The Hall–Kier alpha value is -1.88. The van der Waals surface area contributed by atoms with E-state index in [0.29, 0.717) is 6.54 Å². The maximum atomic E-state index is 11.7. The van der Waals surface area contributed by atoms with E-state index in [2.05, 4.69) is 10.6 Å². The molecule has 0 saturated carbocycles. The van der Waals surface area contributed by atoms with E-state index in [1.54, 1.807) is 12.1 Å². The highest BCUT2D eigenvalue weighted by molar-refractivity contribution is 5.87. The number of aromatic carboxylic acids is 1. The van der Waals surface area contributed by atoms with E-state index in [1.165, 1.54) is 12.1 Å². The molecule has 1 aliphatic rings. The van der Waals surface area contributed by atoms with Crippen molar-refractivity contribution in [3.05, 3.63) is 35.4 Å². The van der Waals surface area contributed by atoms with Gasteiger partial charge in [-0.1, -0.05) is 12.1 Å². The van der Waals surface area contributed by atoms with Crippen LogP contribution in [-0.2, 0) is 11.3 Å². The first-order valence-electron chi connectivity index (χ1n) is 6.00. The van der Waals surface area contributed by atoms with Crippen LogP contribution in [0.2, 0.25) is 0 Å². The zero-order valence-corrected chi connectivity index (χ0v) is 9.98. The largest absolute Gasteiger partial charge is 0.478 e. The van der Waals surface area contributed by atoms with Crippen molar-refractivity contribution in [3.63, 3.8) is 0 Å². The number of nitrogens with one attached hydrogen (secondary N) is 2.